The Morgan fingerprint density at radius 1 is 0.794 bits per heavy atom. The molecule has 3 aromatic carbocycles. The molecule has 0 spiro atoms. The molecule has 0 unspecified atom stereocenters. The molecule has 0 bridgehead atoms. The molecule has 3 rings (SSSR count). The molecular weight excluding hydrogens is 441 g/mol. The molecule has 6 heteroatoms. The minimum absolute atomic E-state index is 0.0837. The van der Waals surface area contributed by atoms with Gasteiger partial charge in [-0.05, 0) is 67.1 Å². The van der Waals surface area contributed by atoms with E-state index in [0.29, 0.717) is 12.2 Å². The summed E-state index contributed by atoms with van der Waals surface area (Å²) in [6.07, 6.45) is 5.17. The van der Waals surface area contributed by atoms with Gasteiger partial charge >= 0.3 is 5.97 Å². The fourth-order valence-corrected chi connectivity index (χ4v) is 3.13. The number of unbranched alkanes of at least 4 members (excludes halogenated alkanes) is 4. The van der Waals surface area contributed by atoms with Gasteiger partial charge in [-0.2, -0.15) is 4.39 Å². The van der Waals surface area contributed by atoms with Crippen molar-refractivity contribution in [2.24, 2.45) is 0 Å². The van der Waals surface area contributed by atoms with Crippen LogP contribution in [0.5, 0.6) is 11.5 Å². The van der Waals surface area contributed by atoms with E-state index in [-0.39, 0.29) is 22.6 Å². The molecule has 0 aliphatic rings. The Balaban J connectivity index is 1.59. The van der Waals surface area contributed by atoms with Crippen LogP contribution in [0.2, 0.25) is 0 Å². The van der Waals surface area contributed by atoms with Crippen molar-refractivity contribution in [3.8, 4) is 23.3 Å². The first-order valence-corrected chi connectivity index (χ1v) is 11.2. The maximum absolute atomic E-state index is 14.4. The van der Waals surface area contributed by atoms with Crippen molar-refractivity contribution in [1.29, 1.82) is 0 Å². The molecule has 34 heavy (non-hydrogen) atoms. The quantitative estimate of drug-likeness (QED) is 0.146. The predicted octanol–water partition coefficient (Wildman–Crippen LogP) is 7.07. The van der Waals surface area contributed by atoms with Crippen LogP contribution in [0.1, 0.15) is 60.5 Å². The molecule has 0 N–H and O–H groups in total. The van der Waals surface area contributed by atoms with Crippen LogP contribution in [0, 0.1) is 29.3 Å². The van der Waals surface area contributed by atoms with E-state index < -0.39 is 23.4 Å². The minimum Gasteiger partial charge on any atom is -0.490 e. The fraction of sp³-hybridized carbons (Fsp3) is 0.250. The molecule has 3 aromatic rings. The molecule has 0 aliphatic carbocycles. The van der Waals surface area contributed by atoms with E-state index in [2.05, 4.69) is 18.8 Å². The summed E-state index contributed by atoms with van der Waals surface area (Å²) in [6, 6.07) is 14.0. The Morgan fingerprint density at radius 2 is 1.50 bits per heavy atom. The number of ether oxygens (including phenoxy) is 2. The Labute approximate surface area is 197 Å². The number of carbonyl (C=O) groups is 1. The van der Waals surface area contributed by atoms with E-state index in [4.69, 9.17) is 9.47 Å². The predicted molar refractivity (Wildman–Crippen MR) is 124 cm³/mol. The first kappa shape index (κ1) is 24.9. The van der Waals surface area contributed by atoms with Crippen LogP contribution in [0.3, 0.4) is 0 Å². The lowest BCUT2D eigenvalue weighted by atomic mass is 10.1. The summed E-state index contributed by atoms with van der Waals surface area (Å²) in [5.74, 6) is 2.35. The van der Waals surface area contributed by atoms with Crippen LogP contribution >= 0.6 is 0 Å². The van der Waals surface area contributed by atoms with Gasteiger partial charge in [0.05, 0.1) is 17.7 Å². The Bertz CT molecular complexity index is 1160. The maximum Gasteiger partial charge on any atom is 0.343 e. The zero-order valence-electron chi connectivity index (χ0n) is 18.9. The minimum atomic E-state index is -1.05. The van der Waals surface area contributed by atoms with Crippen molar-refractivity contribution >= 4 is 5.97 Å². The maximum atomic E-state index is 14.4. The summed E-state index contributed by atoms with van der Waals surface area (Å²) in [6.45, 7) is 2.46. The molecule has 0 aliphatic heterocycles. The lowest BCUT2D eigenvalue weighted by Crippen LogP contribution is -2.08. The summed E-state index contributed by atoms with van der Waals surface area (Å²) in [4.78, 5) is 12.1. The second-order valence-corrected chi connectivity index (χ2v) is 7.67. The van der Waals surface area contributed by atoms with Gasteiger partial charge in [0, 0.05) is 5.56 Å². The molecule has 0 fully saturated rings. The average molecular weight is 466 g/mol. The van der Waals surface area contributed by atoms with Crippen LogP contribution in [-0.4, -0.2) is 12.6 Å². The summed E-state index contributed by atoms with van der Waals surface area (Å²) in [5, 5.41) is 0. The van der Waals surface area contributed by atoms with Crippen molar-refractivity contribution in [3.63, 3.8) is 0 Å². The largest absolute Gasteiger partial charge is 0.490 e. The van der Waals surface area contributed by atoms with Gasteiger partial charge in [-0.15, -0.1) is 0 Å². The van der Waals surface area contributed by atoms with Crippen LogP contribution in [0.25, 0.3) is 0 Å². The molecule has 0 saturated heterocycles. The second kappa shape index (κ2) is 12.5. The van der Waals surface area contributed by atoms with Gasteiger partial charge in [-0.1, -0.05) is 44.4 Å². The van der Waals surface area contributed by atoms with E-state index in [9.17, 15) is 18.0 Å². The van der Waals surface area contributed by atoms with E-state index in [0.717, 1.165) is 32.1 Å². The highest BCUT2D eigenvalue weighted by Gasteiger charge is 2.13. The third-order valence-electron chi connectivity index (χ3n) is 5.04. The lowest BCUT2D eigenvalue weighted by molar-refractivity contribution is 0.0734. The van der Waals surface area contributed by atoms with E-state index in [1.165, 1.54) is 48.5 Å². The lowest BCUT2D eigenvalue weighted by Gasteiger charge is -2.08. The van der Waals surface area contributed by atoms with Crippen LogP contribution in [0.15, 0.2) is 60.7 Å². The van der Waals surface area contributed by atoms with Gasteiger partial charge < -0.3 is 9.47 Å². The normalized spacial score (nSPS) is 10.4. The van der Waals surface area contributed by atoms with Crippen LogP contribution in [0.4, 0.5) is 13.2 Å². The van der Waals surface area contributed by atoms with E-state index in [1.807, 2.05) is 0 Å². The molecule has 0 saturated carbocycles. The number of hydrogen-bond acceptors (Lipinski definition) is 3. The summed E-state index contributed by atoms with van der Waals surface area (Å²) >= 11 is 0. The molecule has 0 atom stereocenters. The summed E-state index contributed by atoms with van der Waals surface area (Å²) in [5.41, 5.74) is 0.653. The fourth-order valence-electron chi connectivity index (χ4n) is 3.13. The average Bonchev–Trinajstić information content (AvgIpc) is 2.84. The summed E-state index contributed by atoms with van der Waals surface area (Å²) in [7, 11) is 0. The molecule has 3 nitrogen and oxygen atoms in total. The standard InChI is InChI=1S/C28H25F3O3/c1-2-3-4-5-6-19-33-25-18-13-21(26(30)27(25)31)10-7-20-8-16-24(17-9-20)34-28(32)22-11-14-23(29)15-12-22/h8-9,11-18H,2-6,19H2,1H3. The number of hydrogen-bond donors (Lipinski definition) is 0. The molecule has 0 amide bonds. The number of benzene rings is 3. The van der Waals surface area contributed by atoms with Crippen molar-refractivity contribution in [3.05, 3.63) is 94.8 Å². The zero-order valence-corrected chi connectivity index (χ0v) is 18.9. The smallest absolute Gasteiger partial charge is 0.343 e. The molecule has 0 radical (unpaired) electrons. The van der Waals surface area contributed by atoms with Gasteiger partial charge in [-0.3, -0.25) is 0 Å². The van der Waals surface area contributed by atoms with Crippen LogP contribution in [-0.2, 0) is 0 Å². The molecular formula is C28H25F3O3. The molecule has 0 heterocycles. The number of rotatable bonds is 9. The van der Waals surface area contributed by atoms with Crippen molar-refractivity contribution in [1.82, 2.24) is 0 Å². The number of esters is 1. The summed E-state index contributed by atoms with van der Waals surface area (Å²) < 4.78 is 52.3. The molecule has 176 valence electrons. The van der Waals surface area contributed by atoms with E-state index >= 15 is 0 Å². The van der Waals surface area contributed by atoms with Crippen molar-refractivity contribution in [2.45, 2.75) is 39.0 Å². The monoisotopic (exact) mass is 466 g/mol. The second-order valence-electron chi connectivity index (χ2n) is 7.67. The van der Waals surface area contributed by atoms with Gasteiger partial charge in [0.1, 0.15) is 11.6 Å². The van der Waals surface area contributed by atoms with Crippen molar-refractivity contribution < 1.29 is 27.4 Å². The van der Waals surface area contributed by atoms with Gasteiger partial charge in [0.25, 0.3) is 0 Å². The Morgan fingerprint density at radius 3 is 2.21 bits per heavy atom. The first-order valence-electron chi connectivity index (χ1n) is 11.2. The van der Waals surface area contributed by atoms with Crippen molar-refractivity contribution in [2.75, 3.05) is 6.61 Å². The third-order valence-corrected chi connectivity index (χ3v) is 5.04. The SMILES string of the molecule is CCCCCCCOc1ccc(C#Cc2ccc(OC(=O)c3ccc(F)cc3)cc2)c(F)c1F. The highest BCUT2D eigenvalue weighted by Crippen LogP contribution is 2.23. The first-order chi connectivity index (χ1) is 16.5. The van der Waals surface area contributed by atoms with Gasteiger partial charge in [-0.25, -0.2) is 13.6 Å². The Hall–Kier alpha value is -3.72. The van der Waals surface area contributed by atoms with E-state index in [1.54, 1.807) is 12.1 Å². The molecule has 0 aromatic heterocycles. The zero-order chi connectivity index (χ0) is 24.3. The highest BCUT2D eigenvalue weighted by atomic mass is 19.2. The highest BCUT2D eigenvalue weighted by molar-refractivity contribution is 5.91. The topological polar surface area (TPSA) is 35.5 Å². The number of halogens is 3. The third kappa shape index (κ3) is 7.14. The van der Waals surface area contributed by atoms with Gasteiger partial charge in [0.2, 0.25) is 5.82 Å². The number of carbonyl (C=O) groups excluding carboxylic acids is 1. The Kier molecular flexibility index (Phi) is 9.16. The van der Waals surface area contributed by atoms with Crippen LogP contribution < -0.4 is 9.47 Å². The van der Waals surface area contributed by atoms with Gasteiger partial charge in [0.15, 0.2) is 11.6 Å².